The summed E-state index contributed by atoms with van der Waals surface area (Å²) in [6.45, 7) is 0. The third kappa shape index (κ3) is 4.01. The Bertz CT molecular complexity index is 1010. The molecule has 6 nitrogen and oxygen atoms in total. The predicted octanol–water partition coefficient (Wildman–Crippen LogP) is 4.61. The molecule has 26 heavy (non-hydrogen) atoms. The molecule has 0 bridgehead atoms. The summed E-state index contributed by atoms with van der Waals surface area (Å²) in [6.07, 6.45) is 0. The molecule has 0 amide bonds. The standard InChI is InChI=1S/C17H14Cl2N4O2S/c1-21-15(20)14-16(24)23-26-17(14)22-10-3-5-11(6-4-10)25-13-7-2-9(18)8-12(13)19/h2-8,22H,1H3,(H2,20,21)(H,23,24). The Kier molecular flexibility index (Phi) is 5.51. The molecule has 0 saturated carbocycles. The molecule has 0 unspecified atom stereocenters. The predicted molar refractivity (Wildman–Crippen MR) is 108 cm³/mol. The summed E-state index contributed by atoms with van der Waals surface area (Å²) < 4.78 is 8.38. The minimum Gasteiger partial charge on any atom is -0.456 e. The van der Waals surface area contributed by atoms with Crippen LogP contribution in [0.3, 0.4) is 0 Å². The highest BCUT2D eigenvalue weighted by Crippen LogP contribution is 2.32. The lowest BCUT2D eigenvalue weighted by Crippen LogP contribution is -2.21. The summed E-state index contributed by atoms with van der Waals surface area (Å²) in [5, 5.41) is 4.70. The maximum absolute atomic E-state index is 11.9. The van der Waals surface area contributed by atoms with E-state index in [1.54, 1.807) is 30.3 Å². The van der Waals surface area contributed by atoms with Crippen molar-refractivity contribution in [1.82, 2.24) is 4.37 Å². The normalized spacial score (nSPS) is 11.4. The first-order chi connectivity index (χ1) is 12.5. The number of nitrogens with two attached hydrogens (primary N) is 1. The Morgan fingerprint density at radius 2 is 1.96 bits per heavy atom. The number of hydrogen-bond acceptors (Lipinski definition) is 5. The Morgan fingerprint density at radius 1 is 1.23 bits per heavy atom. The molecule has 3 rings (SSSR count). The van der Waals surface area contributed by atoms with Crippen LogP contribution in [-0.2, 0) is 0 Å². The Hall–Kier alpha value is -2.48. The second-order valence-corrected chi connectivity index (χ2v) is 6.83. The van der Waals surface area contributed by atoms with E-state index >= 15 is 0 Å². The highest BCUT2D eigenvalue weighted by Gasteiger charge is 2.14. The van der Waals surface area contributed by atoms with Crippen molar-refractivity contribution in [2.24, 2.45) is 10.7 Å². The fourth-order valence-electron chi connectivity index (χ4n) is 2.16. The number of anilines is 2. The van der Waals surface area contributed by atoms with Gasteiger partial charge in [0.05, 0.1) is 5.02 Å². The average molecular weight is 409 g/mol. The molecular formula is C17H14Cl2N4O2S. The van der Waals surface area contributed by atoms with Gasteiger partial charge in [0, 0.05) is 17.8 Å². The monoisotopic (exact) mass is 408 g/mol. The first-order valence-corrected chi connectivity index (χ1v) is 8.99. The molecule has 9 heteroatoms. The minimum atomic E-state index is -0.280. The van der Waals surface area contributed by atoms with Gasteiger partial charge >= 0.3 is 0 Å². The summed E-state index contributed by atoms with van der Waals surface area (Å²) >= 11 is 13.1. The van der Waals surface area contributed by atoms with Crippen molar-refractivity contribution in [1.29, 1.82) is 0 Å². The van der Waals surface area contributed by atoms with E-state index in [2.05, 4.69) is 14.7 Å². The highest BCUT2D eigenvalue weighted by atomic mass is 35.5. The van der Waals surface area contributed by atoms with Crippen molar-refractivity contribution in [3.8, 4) is 11.5 Å². The number of ether oxygens (including phenoxy) is 1. The number of hydrogen-bond donors (Lipinski definition) is 3. The lowest BCUT2D eigenvalue weighted by molar-refractivity contribution is 0.483. The zero-order valence-corrected chi connectivity index (χ0v) is 15.9. The summed E-state index contributed by atoms with van der Waals surface area (Å²) in [7, 11) is 1.53. The first kappa shape index (κ1) is 18.3. The number of amidine groups is 1. The molecule has 0 fully saturated rings. The molecule has 1 aromatic heterocycles. The molecule has 2 aromatic carbocycles. The van der Waals surface area contributed by atoms with Crippen LogP contribution < -0.4 is 21.3 Å². The van der Waals surface area contributed by atoms with Gasteiger partial charge in [-0.05, 0) is 54.0 Å². The molecule has 134 valence electrons. The summed E-state index contributed by atoms with van der Waals surface area (Å²) in [6, 6.07) is 12.2. The first-order valence-electron chi connectivity index (χ1n) is 7.42. The number of rotatable bonds is 5. The molecule has 3 aromatic rings. The highest BCUT2D eigenvalue weighted by molar-refractivity contribution is 7.10. The molecule has 0 aliphatic carbocycles. The van der Waals surface area contributed by atoms with Gasteiger partial charge in [-0.1, -0.05) is 23.2 Å². The van der Waals surface area contributed by atoms with Gasteiger partial charge in [-0.15, -0.1) is 0 Å². The topological polar surface area (TPSA) is 92.5 Å². The Morgan fingerprint density at radius 3 is 2.62 bits per heavy atom. The maximum atomic E-state index is 11.9. The quantitative estimate of drug-likeness (QED) is 0.424. The number of H-pyrrole nitrogens is 1. The number of aromatic amines is 1. The van der Waals surface area contributed by atoms with Crippen LogP contribution in [0.25, 0.3) is 0 Å². The van der Waals surface area contributed by atoms with Crippen LogP contribution in [0.15, 0.2) is 52.3 Å². The average Bonchev–Trinajstić information content (AvgIpc) is 2.98. The van der Waals surface area contributed by atoms with Crippen molar-refractivity contribution in [3.05, 3.63) is 68.4 Å². The van der Waals surface area contributed by atoms with E-state index in [4.69, 9.17) is 33.7 Å². The smallest absolute Gasteiger partial charge is 0.271 e. The molecule has 0 radical (unpaired) electrons. The number of aromatic nitrogens is 1. The van der Waals surface area contributed by atoms with E-state index in [0.29, 0.717) is 32.1 Å². The second-order valence-electron chi connectivity index (χ2n) is 5.17. The molecule has 0 aliphatic rings. The third-order valence-electron chi connectivity index (χ3n) is 3.43. The zero-order valence-electron chi connectivity index (χ0n) is 13.5. The van der Waals surface area contributed by atoms with E-state index in [1.807, 2.05) is 12.1 Å². The van der Waals surface area contributed by atoms with Crippen molar-refractivity contribution < 1.29 is 4.74 Å². The summed E-state index contributed by atoms with van der Waals surface area (Å²) in [5.41, 5.74) is 6.59. The van der Waals surface area contributed by atoms with Gasteiger partial charge < -0.3 is 15.8 Å². The third-order valence-corrected chi connectivity index (χ3v) is 4.76. The number of halogens is 2. The molecule has 4 N–H and O–H groups in total. The van der Waals surface area contributed by atoms with Gasteiger partial charge in [0.2, 0.25) is 0 Å². The summed E-state index contributed by atoms with van der Waals surface area (Å²) in [5.74, 6) is 1.29. The second kappa shape index (κ2) is 7.82. The van der Waals surface area contributed by atoms with Gasteiger partial charge in [-0.2, -0.15) is 0 Å². The van der Waals surface area contributed by atoms with E-state index < -0.39 is 0 Å². The van der Waals surface area contributed by atoms with Crippen molar-refractivity contribution in [2.45, 2.75) is 0 Å². The van der Waals surface area contributed by atoms with Crippen LogP contribution in [0.4, 0.5) is 10.7 Å². The minimum absolute atomic E-state index is 0.173. The lowest BCUT2D eigenvalue weighted by Gasteiger charge is -2.09. The Balaban J connectivity index is 1.77. The van der Waals surface area contributed by atoms with Gasteiger partial charge in [0.25, 0.3) is 5.56 Å². The van der Waals surface area contributed by atoms with E-state index in [1.165, 1.54) is 7.05 Å². The number of nitrogens with zero attached hydrogens (tertiary/aromatic N) is 1. The van der Waals surface area contributed by atoms with E-state index in [-0.39, 0.29) is 11.4 Å². The summed E-state index contributed by atoms with van der Waals surface area (Å²) in [4.78, 5) is 15.7. The van der Waals surface area contributed by atoms with Crippen LogP contribution in [0.2, 0.25) is 10.0 Å². The van der Waals surface area contributed by atoms with E-state index in [0.717, 1.165) is 17.2 Å². The Labute approximate surface area is 163 Å². The molecular weight excluding hydrogens is 395 g/mol. The molecule has 0 saturated heterocycles. The van der Waals surface area contributed by atoms with Gasteiger partial charge in [-0.3, -0.25) is 14.2 Å². The molecule has 0 aliphatic heterocycles. The maximum Gasteiger partial charge on any atom is 0.271 e. The van der Waals surface area contributed by atoms with Crippen LogP contribution in [0.5, 0.6) is 11.5 Å². The number of aliphatic imine (C=N–C) groups is 1. The number of nitrogens with one attached hydrogen (secondary N) is 2. The fraction of sp³-hybridized carbons (Fsp3) is 0.0588. The molecule has 0 spiro atoms. The van der Waals surface area contributed by atoms with Crippen LogP contribution in [0, 0.1) is 0 Å². The number of benzene rings is 2. The SMILES string of the molecule is CN=C(N)c1c(Nc2ccc(Oc3ccc(Cl)cc3Cl)cc2)s[nH]c1=O. The van der Waals surface area contributed by atoms with Gasteiger partial charge in [0.15, 0.2) is 0 Å². The van der Waals surface area contributed by atoms with Gasteiger partial charge in [-0.25, -0.2) is 0 Å². The largest absolute Gasteiger partial charge is 0.456 e. The van der Waals surface area contributed by atoms with Crippen LogP contribution >= 0.6 is 34.7 Å². The lowest BCUT2D eigenvalue weighted by atomic mass is 10.2. The molecule has 1 heterocycles. The van der Waals surface area contributed by atoms with E-state index in [9.17, 15) is 4.79 Å². The van der Waals surface area contributed by atoms with Crippen molar-refractivity contribution in [2.75, 3.05) is 12.4 Å². The van der Waals surface area contributed by atoms with Crippen LogP contribution in [0.1, 0.15) is 5.56 Å². The fourth-order valence-corrected chi connectivity index (χ4v) is 3.37. The van der Waals surface area contributed by atoms with Crippen molar-refractivity contribution >= 4 is 51.3 Å². The van der Waals surface area contributed by atoms with Crippen LogP contribution in [-0.4, -0.2) is 17.3 Å². The zero-order chi connectivity index (χ0) is 18.7. The molecule has 0 atom stereocenters. The van der Waals surface area contributed by atoms with Gasteiger partial charge in [0.1, 0.15) is 27.9 Å². The van der Waals surface area contributed by atoms with Crippen molar-refractivity contribution in [3.63, 3.8) is 0 Å².